The number of benzene rings is 4. The van der Waals surface area contributed by atoms with Gasteiger partial charge >= 0.3 is 7.12 Å². The molecule has 4 aromatic carbocycles. The van der Waals surface area contributed by atoms with Gasteiger partial charge in [-0.2, -0.15) is 0 Å². The second-order valence-electron chi connectivity index (χ2n) is 6.83. The summed E-state index contributed by atoms with van der Waals surface area (Å²) in [5, 5.41) is 26.4. The number of pyridine rings is 1. The second-order valence-corrected chi connectivity index (χ2v) is 6.83. The van der Waals surface area contributed by atoms with Crippen molar-refractivity contribution in [2.24, 2.45) is 0 Å². The first-order valence-electron chi connectivity index (χ1n) is 8.70. The molecule has 6 aromatic rings. The molecule has 2 N–H and O–H groups in total. The molecule has 4 heteroatoms. The molecule has 3 nitrogen and oxygen atoms in total. The van der Waals surface area contributed by atoms with E-state index in [-0.39, 0.29) is 0 Å². The molecule has 0 spiro atoms. The predicted molar refractivity (Wildman–Crippen MR) is 108 cm³/mol. The Morgan fingerprint density at radius 3 is 2.04 bits per heavy atom. The van der Waals surface area contributed by atoms with E-state index in [1.807, 2.05) is 24.3 Å². The highest BCUT2D eigenvalue weighted by Crippen LogP contribution is 2.39. The first kappa shape index (κ1) is 14.1. The van der Waals surface area contributed by atoms with Gasteiger partial charge in [0.15, 0.2) is 0 Å². The number of para-hydroxylation sites is 2. The minimum atomic E-state index is -1.49. The van der Waals surface area contributed by atoms with Crippen molar-refractivity contribution in [3.63, 3.8) is 0 Å². The summed E-state index contributed by atoms with van der Waals surface area (Å²) in [7, 11) is -1.49. The number of rotatable bonds is 1. The van der Waals surface area contributed by atoms with Crippen LogP contribution in [0.25, 0.3) is 48.9 Å². The minimum Gasteiger partial charge on any atom is -0.423 e. The highest BCUT2D eigenvalue weighted by Gasteiger charge is 2.21. The molecule has 2 aromatic heterocycles. The molecule has 2 heterocycles. The van der Waals surface area contributed by atoms with Crippen LogP contribution in [0.1, 0.15) is 0 Å². The van der Waals surface area contributed by atoms with Gasteiger partial charge in [0.05, 0.1) is 16.6 Å². The monoisotopic (exact) mass is 335 g/mol. The first-order chi connectivity index (χ1) is 12.8. The lowest BCUT2D eigenvalue weighted by Gasteiger charge is -2.15. The third-order valence-electron chi connectivity index (χ3n) is 5.56. The Hall–Kier alpha value is -3.08. The molecule has 0 radical (unpaired) electrons. The maximum Gasteiger partial charge on any atom is 0.489 e. The molecule has 0 aliphatic carbocycles. The van der Waals surface area contributed by atoms with E-state index in [1.165, 1.54) is 27.2 Å². The molecule has 26 heavy (non-hydrogen) atoms. The molecule has 0 saturated heterocycles. The Bertz CT molecular complexity index is 1470. The average Bonchev–Trinajstić information content (AvgIpc) is 3.01. The van der Waals surface area contributed by atoms with Crippen LogP contribution in [-0.2, 0) is 0 Å². The van der Waals surface area contributed by atoms with Gasteiger partial charge in [0.1, 0.15) is 0 Å². The van der Waals surface area contributed by atoms with Crippen molar-refractivity contribution < 1.29 is 10.0 Å². The maximum atomic E-state index is 9.82. The van der Waals surface area contributed by atoms with Crippen molar-refractivity contribution in [1.82, 2.24) is 4.40 Å². The molecule has 0 saturated carbocycles. The van der Waals surface area contributed by atoms with E-state index in [1.54, 1.807) is 0 Å². The number of fused-ring (bicyclic) bond motifs is 5. The van der Waals surface area contributed by atoms with Crippen LogP contribution < -0.4 is 5.46 Å². The fourth-order valence-corrected chi connectivity index (χ4v) is 4.53. The SMILES string of the molecule is OB(O)c1ccc2c3c1cccc3c1cccc3c4ccccc4n2c13. The molecule has 0 aliphatic rings. The summed E-state index contributed by atoms with van der Waals surface area (Å²) in [6.07, 6.45) is 0. The van der Waals surface area contributed by atoms with Crippen molar-refractivity contribution >= 4 is 61.4 Å². The minimum absolute atomic E-state index is 0.540. The largest absolute Gasteiger partial charge is 0.489 e. The number of hydrogen-bond acceptors (Lipinski definition) is 2. The molecule has 122 valence electrons. The standard InChI is InChI=1S/C22H14BNO2/c25-23(26)18-11-12-20-21-14(6-3-9-17(18)21)16-8-4-7-15-13-5-1-2-10-19(13)24(20)22(15)16/h1-12,25-26H. The Morgan fingerprint density at radius 1 is 0.577 bits per heavy atom. The smallest absolute Gasteiger partial charge is 0.423 e. The van der Waals surface area contributed by atoms with Crippen LogP contribution in [0.15, 0.2) is 72.8 Å². The zero-order chi connectivity index (χ0) is 17.4. The molecule has 0 aliphatic heterocycles. The van der Waals surface area contributed by atoms with Gasteiger partial charge in [0.2, 0.25) is 0 Å². The summed E-state index contributed by atoms with van der Waals surface area (Å²) >= 11 is 0. The molecule has 0 fully saturated rings. The Morgan fingerprint density at radius 2 is 1.23 bits per heavy atom. The van der Waals surface area contributed by atoms with Crippen LogP contribution in [0.5, 0.6) is 0 Å². The summed E-state index contributed by atoms with van der Waals surface area (Å²) in [6, 6.07) is 24.8. The number of nitrogens with zero attached hydrogens (tertiary/aromatic N) is 1. The van der Waals surface area contributed by atoms with E-state index >= 15 is 0 Å². The van der Waals surface area contributed by atoms with Gasteiger partial charge in [0, 0.05) is 21.5 Å². The topological polar surface area (TPSA) is 44.9 Å². The average molecular weight is 335 g/mol. The van der Waals surface area contributed by atoms with Crippen LogP contribution in [-0.4, -0.2) is 21.6 Å². The van der Waals surface area contributed by atoms with Crippen molar-refractivity contribution in [2.45, 2.75) is 0 Å². The van der Waals surface area contributed by atoms with E-state index in [4.69, 9.17) is 0 Å². The molecule has 0 amide bonds. The Balaban J connectivity index is 2.05. The van der Waals surface area contributed by atoms with Gasteiger partial charge < -0.3 is 14.4 Å². The lowest BCUT2D eigenvalue weighted by molar-refractivity contribution is 0.426. The van der Waals surface area contributed by atoms with Crippen molar-refractivity contribution in [1.29, 1.82) is 0 Å². The fraction of sp³-hybridized carbons (Fsp3) is 0. The summed E-state index contributed by atoms with van der Waals surface area (Å²) in [6.45, 7) is 0. The van der Waals surface area contributed by atoms with E-state index in [2.05, 4.69) is 52.9 Å². The van der Waals surface area contributed by atoms with Gasteiger partial charge in [-0.1, -0.05) is 60.7 Å². The first-order valence-corrected chi connectivity index (χ1v) is 8.70. The van der Waals surface area contributed by atoms with E-state index in [0.717, 1.165) is 21.7 Å². The van der Waals surface area contributed by atoms with Crippen LogP contribution >= 0.6 is 0 Å². The number of hydrogen-bond donors (Lipinski definition) is 2. The summed E-state index contributed by atoms with van der Waals surface area (Å²) in [5.41, 5.74) is 4.01. The Labute approximate surface area is 149 Å². The van der Waals surface area contributed by atoms with Gasteiger partial charge in [-0.15, -0.1) is 0 Å². The normalized spacial score (nSPS) is 12.2. The third kappa shape index (κ3) is 1.56. The molecule has 0 atom stereocenters. The maximum absolute atomic E-state index is 9.82. The van der Waals surface area contributed by atoms with Crippen molar-refractivity contribution in [3.8, 4) is 0 Å². The van der Waals surface area contributed by atoms with Crippen molar-refractivity contribution in [2.75, 3.05) is 0 Å². The van der Waals surface area contributed by atoms with Crippen LogP contribution in [0.3, 0.4) is 0 Å². The highest BCUT2D eigenvalue weighted by atomic mass is 16.4. The van der Waals surface area contributed by atoms with E-state index in [9.17, 15) is 10.0 Å². The lowest BCUT2D eigenvalue weighted by Crippen LogP contribution is -2.30. The third-order valence-corrected chi connectivity index (χ3v) is 5.56. The fourth-order valence-electron chi connectivity index (χ4n) is 4.53. The van der Waals surface area contributed by atoms with Crippen LogP contribution in [0, 0.1) is 0 Å². The summed E-state index contributed by atoms with van der Waals surface area (Å²) in [5.74, 6) is 0. The summed E-state index contributed by atoms with van der Waals surface area (Å²) in [4.78, 5) is 0. The lowest BCUT2D eigenvalue weighted by atomic mass is 9.76. The predicted octanol–water partition coefficient (Wildman–Crippen LogP) is 3.67. The van der Waals surface area contributed by atoms with Gasteiger partial charge in [-0.05, 0) is 28.4 Å². The highest BCUT2D eigenvalue weighted by molar-refractivity contribution is 6.62. The van der Waals surface area contributed by atoms with Gasteiger partial charge in [-0.25, -0.2) is 0 Å². The quantitative estimate of drug-likeness (QED) is 0.274. The Kier molecular flexibility index (Phi) is 2.59. The second kappa shape index (κ2) is 4.76. The van der Waals surface area contributed by atoms with E-state index < -0.39 is 7.12 Å². The molecular weight excluding hydrogens is 321 g/mol. The van der Waals surface area contributed by atoms with Gasteiger partial charge in [0.25, 0.3) is 0 Å². The van der Waals surface area contributed by atoms with E-state index in [0.29, 0.717) is 5.46 Å². The summed E-state index contributed by atoms with van der Waals surface area (Å²) < 4.78 is 2.31. The zero-order valence-corrected chi connectivity index (χ0v) is 13.8. The van der Waals surface area contributed by atoms with Gasteiger partial charge in [-0.3, -0.25) is 0 Å². The zero-order valence-electron chi connectivity index (χ0n) is 13.8. The molecule has 0 unspecified atom stereocenters. The molecular formula is C22H14BNO2. The molecule has 6 rings (SSSR count). The molecule has 0 bridgehead atoms. The number of aromatic nitrogens is 1. The van der Waals surface area contributed by atoms with Crippen LogP contribution in [0.4, 0.5) is 0 Å². The van der Waals surface area contributed by atoms with Crippen LogP contribution in [0.2, 0.25) is 0 Å². The van der Waals surface area contributed by atoms with Crippen molar-refractivity contribution in [3.05, 3.63) is 72.8 Å².